The van der Waals surface area contributed by atoms with Crippen molar-refractivity contribution in [2.75, 3.05) is 6.54 Å². The molecule has 68 valence electrons. The van der Waals surface area contributed by atoms with E-state index in [0.29, 0.717) is 0 Å². The Labute approximate surface area is 66.9 Å². The van der Waals surface area contributed by atoms with E-state index < -0.39 is 17.9 Å². The molecule has 0 saturated carbocycles. The van der Waals surface area contributed by atoms with E-state index in [4.69, 9.17) is 10.2 Å². The predicted molar refractivity (Wildman–Crippen MR) is 34.0 cm³/mol. The van der Waals surface area contributed by atoms with Gasteiger partial charge in [0.05, 0.1) is 6.42 Å². The van der Waals surface area contributed by atoms with Crippen LogP contribution in [0, 0.1) is 0 Å². The maximum absolute atomic E-state index is 10.2. The van der Waals surface area contributed by atoms with Gasteiger partial charge >= 0.3 is 17.9 Å². The summed E-state index contributed by atoms with van der Waals surface area (Å²) in [5.74, 6) is -4.29. The SMILES string of the molecule is O=C(O)CCNOC(=O)C(=O)O. The van der Waals surface area contributed by atoms with E-state index in [1.54, 1.807) is 0 Å². The lowest BCUT2D eigenvalue weighted by Crippen LogP contribution is -2.27. The largest absolute Gasteiger partial charge is 0.481 e. The highest BCUT2D eigenvalue weighted by Gasteiger charge is 2.12. The zero-order valence-corrected chi connectivity index (χ0v) is 5.94. The first-order chi connectivity index (χ1) is 5.54. The first kappa shape index (κ1) is 10.4. The second-order valence-corrected chi connectivity index (χ2v) is 1.73. The number of carboxylic acid groups (broad SMARTS) is 2. The minimum absolute atomic E-state index is 0.131. The van der Waals surface area contributed by atoms with Gasteiger partial charge in [-0.3, -0.25) is 4.79 Å². The molecule has 0 rings (SSSR count). The van der Waals surface area contributed by atoms with Crippen molar-refractivity contribution < 1.29 is 29.4 Å². The number of hydroxylamine groups is 1. The fourth-order valence-electron chi connectivity index (χ4n) is 0.318. The molecule has 0 bridgehead atoms. The number of rotatable bonds is 4. The van der Waals surface area contributed by atoms with Crippen molar-refractivity contribution in [1.82, 2.24) is 5.48 Å². The average Bonchev–Trinajstić information content (AvgIpc) is 1.97. The molecule has 0 fully saturated rings. The molecular formula is C5H7NO6. The van der Waals surface area contributed by atoms with Crippen LogP contribution < -0.4 is 5.48 Å². The van der Waals surface area contributed by atoms with Crippen LogP contribution in [0.25, 0.3) is 0 Å². The summed E-state index contributed by atoms with van der Waals surface area (Å²) < 4.78 is 0. The van der Waals surface area contributed by atoms with E-state index >= 15 is 0 Å². The number of aliphatic carboxylic acids is 2. The molecule has 0 radical (unpaired) electrons. The van der Waals surface area contributed by atoms with Crippen molar-refractivity contribution >= 4 is 17.9 Å². The molecule has 0 aliphatic carbocycles. The molecule has 0 unspecified atom stereocenters. The molecule has 0 saturated heterocycles. The summed E-state index contributed by atoms with van der Waals surface area (Å²) in [6.07, 6.45) is -0.257. The van der Waals surface area contributed by atoms with Crippen molar-refractivity contribution in [2.45, 2.75) is 6.42 Å². The molecule has 7 nitrogen and oxygen atoms in total. The number of carbonyl (C=O) groups excluding carboxylic acids is 1. The lowest BCUT2D eigenvalue weighted by molar-refractivity contribution is -0.169. The number of nitrogens with one attached hydrogen (secondary N) is 1. The molecule has 0 amide bonds. The van der Waals surface area contributed by atoms with E-state index in [1.165, 1.54) is 0 Å². The van der Waals surface area contributed by atoms with Crippen LogP contribution in [0.4, 0.5) is 0 Å². The highest BCUT2D eigenvalue weighted by atomic mass is 16.7. The summed E-state index contributed by atoms with van der Waals surface area (Å²) in [4.78, 5) is 33.7. The molecule has 0 spiro atoms. The van der Waals surface area contributed by atoms with Crippen LogP contribution in [0.5, 0.6) is 0 Å². The minimum atomic E-state index is -1.74. The van der Waals surface area contributed by atoms with Gasteiger partial charge in [0.25, 0.3) is 0 Å². The smallest absolute Gasteiger partial charge is 0.435 e. The van der Waals surface area contributed by atoms with E-state index in [9.17, 15) is 14.4 Å². The Balaban J connectivity index is 3.38. The molecule has 0 heterocycles. The lowest BCUT2D eigenvalue weighted by Gasteiger charge is -1.99. The Morgan fingerprint density at radius 3 is 2.25 bits per heavy atom. The summed E-state index contributed by atoms with van der Waals surface area (Å²) in [5.41, 5.74) is 1.89. The number of hydrogen-bond donors (Lipinski definition) is 3. The van der Waals surface area contributed by atoms with Crippen LogP contribution in [0.2, 0.25) is 0 Å². The normalized spacial score (nSPS) is 9.00. The second-order valence-electron chi connectivity index (χ2n) is 1.73. The van der Waals surface area contributed by atoms with Crippen LogP contribution in [-0.2, 0) is 19.2 Å². The van der Waals surface area contributed by atoms with Gasteiger partial charge in [0, 0.05) is 6.54 Å². The number of carboxylic acids is 2. The third-order valence-electron chi connectivity index (χ3n) is 0.780. The van der Waals surface area contributed by atoms with Gasteiger partial charge in [0.1, 0.15) is 0 Å². The van der Waals surface area contributed by atoms with Gasteiger partial charge in [-0.05, 0) is 0 Å². The summed E-state index contributed by atoms with van der Waals surface area (Å²) in [7, 11) is 0. The second kappa shape index (κ2) is 5.08. The van der Waals surface area contributed by atoms with Crippen LogP contribution in [-0.4, -0.2) is 34.7 Å². The van der Waals surface area contributed by atoms with Gasteiger partial charge in [-0.2, -0.15) is 5.48 Å². The van der Waals surface area contributed by atoms with Crippen molar-refractivity contribution in [3.63, 3.8) is 0 Å². The molecule has 0 aromatic heterocycles. The molecule has 0 aliphatic rings. The monoisotopic (exact) mass is 177 g/mol. The van der Waals surface area contributed by atoms with Crippen molar-refractivity contribution in [3.8, 4) is 0 Å². The topological polar surface area (TPSA) is 113 Å². The van der Waals surface area contributed by atoms with Gasteiger partial charge in [0.15, 0.2) is 0 Å². The van der Waals surface area contributed by atoms with Crippen LogP contribution in [0.15, 0.2) is 0 Å². The van der Waals surface area contributed by atoms with Gasteiger partial charge in [-0.25, -0.2) is 9.59 Å². The quantitative estimate of drug-likeness (QED) is 0.274. The predicted octanol–water partition coefficient (Wildman–Crippen LogP) is -1.41. The average molecular weight is 177 g/mol. The molecule has 3 N–H and O–H groups in total. The molecule has 0 aliphatic heterocycles. The molecule has 12 heavy (non-hydrogen) atoms. The number of hydrogen-bond acceptors (Lipinski definition) is 5. The highest BCUT2D eigenvalue weighted by Crippen LogP contribution is 1.77. The summed E-state index contributed by atoms with van der Waals surface area (Å²) in [6, 6.07) is 0. The van der Waals surface area contributed by atoms with Gasteiger partial charge in [-0.15, -0.1) is 0 Å². The van der Waals surface area contributed by atoms with E-state index in [0.717, 1.165) is 0 Å². The van der Waals surface area contributed by atoms with Crippen molar-refractivity contribution in [2.24, 2.45) is 0 Å². The van der Waals surface area contributed by atoms with Crippen LogP contribution >= 0.6 is 0 Å². The third-order valence-corrected chi connectivity index (χ3v) is 0.780. The maximum Gasteiger partial charge on any atom is 0.435 e. The zero-order chi connectivity index (χ0) is 9.56. The van der Waals surface area contributed by atoms with Crippen molar-refractivity contribution in [3.05, 3.63) is 0 Å². The summed E-state index contributed by atoms with van der Waals surface area (Å²) >= 11 is 0. The third kappa shape index (κ3) is 5.18. The Bertz CT molecular complexity index is 200. The first-order valence-electron chi connectivity index (χ1n) is 2.92. The maximum atomic E-state index is 10.2. The first-order valence-corrected chi connectivity index (χ1v) is 2.92. The fourth-order valence-corrected chi connectivity index (χ4v) is 0.318. The Kier molecular flexibility index (Phi) is 4.39. The number of carbonyl (C=O) groups is 3. The Morgan fingerprint density at radius 1 is 1.25 bits per heavy atom. The highest BCUT2D eigenvalue weighted by molar-refractivity contribution is 6.28. The molecule has 0 atom stereocenters. The Morgan fingerprint density at radius 2 is 1.83 bits per heavy atom. The van der Waals surface area contributed by atoms with E-state index in [1.807, 2.05) is 5.48 Å². The molecule has 0 aromatic carbocycles. The molecule has 7 heteroatoms. The lowest BCUT2D eigenvalue weighted by atomic mass is 10.4. The standard InChI is InChI=1S/C5H7NO6/c7-3(8)1-2-6-12-5(11)4(9)10/h6H,1-2H2,(H,7,8)(H,9,10). The zero-order valence-electron chi connectivity index (χ0n) is 5.94. The fraction of sp³-hybridized carbons (Fsp3) is 0.400. The van der Waals surface area contributed by atoms with Gasteiger partial charge in [0.2, 0.25) is 0 Å². The van der Waals surface area contributed by atoms with Gasteiger partial charge < -0.3 is 15.1 Å². The van der Waals surface area contributed by atoms with Gasteiger partial charge in [-0.1, -0.05) is 0 Å². The minimum Gasteiger partial charge on any atom is -0.481 e. The summed E-state index contributed by atoms with van der Waals surface area (Å²) in [6.45, 7) is -0.131. The summed E-state index contributed by atoms with van der Waals surface area (Å²) in [5, 5.41) is 16.1. The van der Waals surface area contributed by atoms with E-state index in [2.05, 4.69) is 4.84 Å². The van der Waals surface area contributed by atoms with E-state index in [-0.39, 0.29) is 13.0 Å². The molecule has 0 aromatic rings. The molecular weight excluding hydrogens is 170 g/mol. The van der Waals surface area contributed by atoms with Crippen LogP contribution in [0.1, 0.15) is 6.42 Å². The van der Waals surface area contributed by atoms with Crippen LogP contribution in [0.3, 0.4) is 0 Å². The van der Waals surface area contributed by atoms with Crippen molar-refractivity contribution in [1.29, 1.82) is 0 Å². The Hall–Kier alpha value is -1.63.